The van der Waals surface area contributed by atoms with Crippen LogP contribution in [0.2, 0.25) is 0 Å². The number of phosphoric acid groups is 2. The Kier molecular flexibility index (Phi) is 61.8. The molecule has 0 amide bonds. The van der Waals surface area contributed by atoms with E-state index < -0.39 is 97.5 Å². The van der Waals surface area contributed by atoms with Crippen molar-refractivity contribution in [2.45, 2.75) is 381 Å². The Bertz CT molecular complexity index is 1750. The highest BCUT2D eigenvalue weighted by Gasteiger charge is 2.30. The summed E-state index contributed by atoms with van der Waals surface area (Å²) in [7, 11) is -9.89. The molecular formula is C71H138O17P2. The van der Waals surface area contributed by atoms with Crippen LogP contribution in [0, 0.1) is 11.8 Å². The lowest BCUT2D eigenvalue weighted by Crippen LogP contribution is -2.30. The summed E-state index contributed by atoms with van der Waals surface area (Å²) in [6.07, 6.45) is 49.2. The molecule has 2 unspecified atom stereocenters. The average Bonchev–Trinajstić information content (AvgIpc) is 3.72. The summed E-state index contributed by atoms with van der Waals surface area (Å²) in [6, 6.07) is 0. The third-order valence-corrected chi connectivity index (χ3v) is 18.4. The van der Waals surface area contributed by atoms with E-state index in [1.807, 2.05) is 0 Å². The maximum absolute atomic E-state index is 13.0. The molecule has 0 aromatic rings. The Balaban J connectivity index is 5.14. The first-order valence-corrected chi connectivity index (χ1v) is 40.0. The van der Waals surface area contributed by atoms with Crippen LogP contribution < -0.4 is 0 Å². The van der Waals surface area contributed by atoms with Gasteiger partial charge in [0.05, 0.1) is 26.4 Å². The van der Waals surface area contributed by atoms with Crippen molar-refractivity contribution in [3.63, 3.8) is 0 Å². The maximum atomic E-state index is 13.0. The molecule has 0 bridgehead atoms. The molecular weight excluding hydrogens is 1190 g/mol. The molecule has 534 valence electrons. The molecule has 0 aromatic heterocycles. The van der Waals surface area contributed by atoms with Crippen LogP contribution in [-0.4, -0.2) is 96.7 Å². The zero-order chi connectivity index (χ0) is 66.5. The fourth-order valence-corrected chi connectivity index (χ4v) is 12.3. The van der Waals surface area contributed by atoms with Gasteiger partial charge < -0.3 is 33.8 Å². The monoisotopic (exact) mass is 1320 g/mol. The van der Waals surface area contributed by atoms with Gasteiger partial charge in [-0.05, 0) is 37.5 Å². The number of rotatable bonds is 70. The average molecular weight is 1330 g/mol. The van der Waals surface area contributed by atoms with Crippen LogP contribution >= 0.6 is 15.6 Å². The van der Waals surface area contributed by atoms with Crippen molar-refractivity contribution in [2.24, 2.45) is 11.8 Å². The van der Waals surface area contributed by atoms with E-state index >= 15 is 0 Å². The van der Waals surface area contributed by atoms with E-state index in [-0.39, 0.29) is 25.7 Å². The van der Waals surface area contributed by atoms with Gasteiger partial charge in [0.1, 0.15) is 19.3 Å². The Morgan fingerprint density at radius 3 is 0.756 bits per heavy atom. The van der Waals surface area contributed by atoms with Gasteiger partial charge in [0.15, 0.2) is 12.2 Å². The number of hydrogen-bond acceptors (Lipinski definition) is 15. The third-order valence-electron chi connectivity index (χ3n) is 16.5. The fourth-order valence-electron chi connectivity index (χ4n) is 10.8. The van der Waals surface area contributed by atoms with E-state index in [0.717, 1.165) is 102 Å². The van der Waals surface area contributed by atoms with Crippen molar-refractivity contribution in [3.8, 4) is 0 Å². The summed E-state index contributed by atoms with van der Waals surface area (Å²) in [4.78, 5) is 72.3. The van der Waals surface area contributed by atoms with Crippen molar-refractivity contribution in [3.05, 3.63) is 0 Å². The van der Waals surface area contributed by atoms with Crippen LogP contribution in [-0.2, 0) is 65.4 Å². The zero-order valence-electron chi connectivity index (χ0n) is 58.4. The second-order valence-electron chi connectivity index (χ2n) is 26.6. The first-order valence-electron chi connectivity index (χ1n) is 37.0. The number of carbonyl (C=O) groups is 4. The highest BCUT2D eigenvalue weighted by Crippen LogP contribution is 2.45. The molecule has 17 nitrogen and oxygen atoms in total. The number of unbranched alkanes of at least 4 members (excludes halogenated alkanes) is 40. The topological polar surface area (TPSA) is 237 Å². The van der Waals surface area contributed by atoms with Gasteiger partial charge in [-0.2, -0.15) is 0 Å². The molecule has 90 heavy (non-hydrogen) atoms. The van der Waals surface area contributed by atoms with Crippen LogP contribution in [0.1, 0.15) is 363 Å². The van der Waals surface area contributed by atoms with Gasteiger partial charge in [-0.25, -0.2) is 9.13 Å². The molecule has 0 saturated carbocycles. The standard InChI is InChI=1S/C71H138O17P2/c1-7-9-11-13-14-15-16-17-18-22-25-28-31-36-42-48-54-69(74)82-60-67(88-70(75)55-49-43-37-32-29-26-23-20-19-21-24-27-30-34-40-45-51-63(3)4)62-86-90(79,80)84-58-65(72)57-83-89(77,78)85-61-66(59-81-68(73)53-47-39-12-10-8-2)87-71(76)56-50-44-38-33-35-41-46-52-64(5)6/h63-67,72H,7-62H2,1-6H3,(H,77,78)(H,79,80)/t65-,66+,67+/m0/s1. The molecule has 3 N–H and O–H groups in total. The molecule has 0 fully saturated rings. The van der Waals surface area contributed by atoms with Crippen molar-refractivity contribution < 1.29 is 80.2 Å². The lowest BCUT2D eigenvalue weighted by Gasteiger charge is -2.21. The minimum absolute atomic E-state index is 0.103. The van der Waals surface area contributed by atoms with E-state index in [0.29, 0.717) is 31.6 Å². The highest BCUT2D eigenvalue weighted by atomic mass is 31.2. The minimum atomic E-state index is -4.95. The summed E-state index contributed by atoms with van der Waals surface area (Å²) in [5.41, 5.74) is 0. The number of hydrogen-bond donors (Lipinski definition) is 3. The van der Waals surface area contributed by atoms with Crippen LogP contribution in [0.5, 0.6) is 0 Å². The van der Waals surface area contributed by atoms with Crippen LogP contribution in [0.15, 0.2) is 0 Å². The van der Waals surface area contributed by atoms with Gasteiger partial charge in [0.2, 0.25) is 0 Å². The largest absolute Gasteiger partial charge is 0.472 e. The molecule has 0 saturated heterocycles. The van der Waals surface area contributed by atoms with Gasteiger partial charge in [-0.1, -0.05) is 311 Å². The number of ether oxygens (including phenoxy) is 4. The van der Waals surface area contributed by atoms with Crippen LogP contribution in [0.25, 0.3) is 0 Å². The Labute approximate surface area is 549 Å². The zero-order valence-corrected chi connectivity index (χ0v) is 60.2. The van der Waals surface area contributed by atoms with E-state index in [1.54, 1.807) is 0 Å². The number of phosphoric ester groups is 2. The lowest BCUT2D eigenvalue weighted by molar-refractivity contribution is -0.161. The van der Waals surface area contributed by atoms with Crippen LogP contribution in [0.3, 0.4) is 0 Å². The molecule has 0 spiro atoms. The Morgan fingerprint density at radius 2 is 0.511 bits per heavy atom. The van der Waals surface area contributed by atoms with Crippen molar-refractivity contribution in [1.29, 1.82) is 0 Å². The van der Waals surface area contributed by atoms with Crippen LogP contribution in [0.4, 0.5) is 0 Å². The molecule has 0 aliphatic carbocycles. The predicted molar refractivity (Wildman–Crippen MR) is 363 cm³/mol. The smallest absolute Gasteiger partial charge is 0.462 e. The molecule has 0 heterocycles. The Morgan fingerprint density at radius 1 is 0.300 bits per heavy atom. The summed E-state index contributed by atoms with van der Waals surface area (Å²) >= 11 is 0. The van der Waals surface area contributed by atoms with Gasteiger partial charge in [0.25, 0.3) is 0 Å². The second-order valence-corrected chi connectivity index (χ2v) is 29.5. The molecule has 0 radical (unpaired) electrons. The number of aliphatic hydroxyl groups is 1. The SMILES string of the molecule is CCCCCCCCCCCCCCCCCCC(=O)OC[C@H](COP(=O)(O)OC[C@@H](O)COP(=O)(O)OC[C@@H](COC(=O)CCCCCCC)OC(=O)CCCCCCCCCC(C)C)OC(=O)CCCCCCCCCCCCCCCCCCC(C)C. The van der Waals surface area contributed by atoms with Crippen molar-refractivity contribution in [1.82, 2.24) is 0 Å². The van der Waals surface area contributed by atoms with E-state index in [1.165, 1.54) is 173 Å². The van der Waals surface area contributed by atoms with E-state index in [9.17, 15) is 43.2 Å². The molecule has 0 rings (SSSR count). The first-order chi connectivity index (χ1) is 43.4. The van der Waals surface area contributed by atoms with Gasteiger partial charge in [-0.15, -0.1) is 0 Å². The van der Waals surface area contributed by atoms with E-state index in [2.05, 4.69) is 41.5 Å². The molecule has 5 atom stereocenters. The summed E-state index contributed by atoms with van der Waals surface area (Å²) in [5.74, 6) is -0.630. The predicted octanol–water partition coefficient (Wildman–Crippen LogP) is 20.4. The molecule has 0 aromatic carbocycles. The fraction of sp³-hybridized carbons (Fsp3) is 0.944. The van der Waals surface area contributed by atoms with Gasteiger partial charge in [-0.3, -0.25) is 37.3 Å². The van der Waals surface area contributed by atoms with Gasteiger partial charge >= 0.3 is 39.5 Å². The summed E-state index contributed by atoms with van der Waals surface area (Å²) < 4.78 is 68.1. The minimum Gasteiger partial charge on any atom is -0.462 e. The van der Waals surface area contributed by atoms with Crippen molar-refractivity contribution >= 4 is 39.5 Å². The molecule has 0 aliphatic rings. The Hall–Kier alpha value is -1.94. The summed E-state index contributed by atoms with van der Waals surface area (Å²) in [5, 5.41) is 10.6. The maximum Gasteiger partial charge on any atom is 0.472 e. The first kappa shape index (κ1) is 88.1. The van der Waals surface area contributed by atoms with Crippen molar-refractivity contribution in [2.75, 3.05) is 39.6 Å². The number of aliphatic hydroxyl groups excluding tert-OH is 1. The number of carbonyl (C=O) groups excluding carboxylic acids is 4. The molecule has 0 aliphatic heterocycles. The lowest BCUT2D eigenvalue weighted by atomic mass is 10.0. The summed E-state index contributed by atoms with van der Waals surface area (Å²) in [6.45, 7) is 9.43. The highest BCUT2D eigenvalue weighted by molar-refractivity contribution is 7.47. The second kappa shape index (κ2) is 63.1. The normalized spacial score (nSPS) is 14.1. The number of esters is 4. The van der Waals surface area contributed by atoms with E-state index in [4.69, 9.17) is 37.0 Å². The quantitative estimate of drug-likeness (QED) is 0.0222. The third kappa shape index (κ3) is 64.8. The molecule has 19 heteroatoms. The van der Waals surface area contributed by atoms with Gasteiger partial charge in [0, 0.05) is 25.7 Å².